The second kappa shape index (κ2) is 1.94. The molecule has 0 amide bonds. The molecule has 3 N–H and O–H groups in total. The van der Waals surface area contributed by atoms with Crippen LogP contribution >= 0.6 is 0 Å². The van der Waals surface area contributed by atoms with Gasteiger partial charge in [-0.15, -0.1) is 0 Å². The molecular weight excluding hydrogens is 128 g/mol. The van der Waals surface area contributed by atoms with Gasteiger partial charge in [0.1, 0.15) is 0 Å². The predicted octanol–water partition coefficient (Wildman–Crippen LogP) is -0.846. The fourth-order valence-electron chi connectivity index (χ4n) is 1.46. The maximum Gasteiger partial charge on any atom is 0.0776 e. The monoisotopic (exact) mass is 142 g/mol. The lowest BCUT2D eigenvalue weighted by Gasteiger charge is -2.38. The molecule has 3 heteroatoms. The van der Waals surface area contributed by atoms with Gasteiger partial charge in [-0.25, -0.2) is 0 Å². The van der Waals surface area contributed by atoms with E-state index in [1.54, 1.807) is 0 Å². The fourth-order valence-corrected chi connectivity index (χ4v) is 1.46. The molecule has 0 aromatic heterocycles. The van der Waals surface area contributed by atoms with Gasteiger partial charge in [-0.1, -0.05) is 0 Å². The minimum atomic E-state index is -0.319. The molecule has 0 aromatic rings. The number of β-amino-alcohol motifs (C(OH)–C–C–N with tert-alkyl or cyclic N) is 1. The van der Waals surface area contributed by atoms with Gasteiger partial charge in [-0.2, -0.15) is 0 Å². The maximum atomic E-state index is 9.47. The Morgan fingerprint density at radius 2 is 2.10 bits per heavy atom. The minimum absolute atomic E-state index is 0.319. The van der Waals surface area contributed by atoms with E-state index in [-0.39, 0.29) is 5.60 Å². The van der Waals surface area contributed by atoms with Crippen molar-refractivity contribution in [3.63, 3.8) is 0 Å². The van der Waals surface area contributed by atoms with E-state index in [1.807, 2.05) is 0 Å². The van der Waals surface area contributed by atoms with Crippen molar-refractivity contribution in [3.05, 3.63) is 0 Å². The molecule has 1 aliphatic carbocycles. The van der Waals surface area contributed by atoms with Crippen molar-refractivity contribution in [2.45, 2.75) is 24.5 Å². The average Bonchev–Trinajstić information content (AvgIpc) is 2.45. The van der Waals surface area contributed by atoms with Crippen LogP contribution in [0.15, 0.2) is 0 Å². The van der Waals surface area contributed by atoms with Crippen molar-refractivity contribution in [1.29, 1.82) is 0 Å². The largest absolute Gasteiger partial charge is 0.389 e. The SMILES string of the molecule is NC1CN(CC2(O)CC2)C1. The number of hydrogen-bond donors (Lipinski definition) is 2. The summed E-state index contributed by atoms with van der Waals surface area (Å²) in [6, 6.07) is 0.363. The van der Waals surface area contributed by atoms with Crippen molar-refractivity contribution in [2.24, 2.45) is 5.73 Å². The lowest BCUT2D eigenvalue weighted by Crippen LogP contribution is -2.57. The van der Waals surface area contributed by atoms with Crippen molar-refractivity contribution in [3.8, 4) is 0 Å². The predicted molar refractivity (Wildman–Crippen MR) is 38.6 cm³/mol. The molecule has 10 heavy (non-hydrogen) atoms. The Hall–Kier alpha value is -0.120. The van der Waals surface area contributed by atoms with E-state index >= 15 is 0 Å². The lowest BCUT2D eigenvalue weighted by molar-refractivity contribution is 0.0513. The Morgan fingerprint density at radius 3 is 2.50 bits per heavy atom. The van der Waals surface area contributed by atoms with E-state index in [0.717, 1.165) is 32.5 Å². The van der Waals surface area contributed by atoms with Crippen LogP contribution in [0.5, 0.6) is 0 Å². The summed E-state index contributed by atoms with van der Waals surface area (Å²) in [5.41, 5.74) is 5.27. The summed E-state index contributed by atoms with van der Waals surface area (Å²) in [6.07, 6.45) is 1.97. The summed E-state index contributed by atoms with van der Waals surface area (Å²) in [4.78, 5) is 2.22. The van der Waals surface area contributed by atoms with E-state index in [2.05, 4.69) is 4.90 Å². The van der Waals surface area contributed by atoms with Crippen molar-refractivity contribution < 1.29 is 5.11 Å². The quantitative estimate of drug-likeness (QED) is 0.528. The van der Waals surface area contributed by atoms with Crippen LogP contribution < -0.4 is 5.73 Å². The van der Waals surface area contributed by atoms with Gasteiger partial charge in [-0.3, -0.25) is 4.90 Å². The van der Waals surface area contributed by atoms with Gasteiger partial charge in [0, 0.05) is 25.7 Å². The Bertz CT molecular complexity index is 139. The Morgan fingerprint density at radius 1 is 1.50 bits per heavy atom. The summed E-state index contributed by atoms with van der Waals surface area (Å²) < 4.78 is 0. The molecule has 1 saturated carbocycles. The Balaban J connectivity index is 1.72. The first kappa shape index (κ1) is 6.58. The molecular formula is C7H14N2O. The maximum absolute atomic E-state index is 9.47. The van der Waals surface area contributed by atoms with Crippen LogP contribution in [-0.4, -0.2) is 41.3 Å². The number of nitrogens with two attached hydrogens (primary N) is 1. The van der Waals surface area contributed by atoms with Crippen LogP contribution in [0.2, 0.25) is 0 Å². The van der Waals surface area contributed by atoms with Crippen LogP contribution in [-0.2, 0) is 0 Å². The van der Waals surface area contributed by atoms with E-state index < -0.39 is 0 Å². The van der Waals surface area contributed by atoms with E-state index in [0.29, 0.717) is 6.04 Å². The number of aliphatic hydroxyl groups is 1. The first-order valence-electron chi connectivity index (χ1n) is 3.88. The Kier molecular flexibility index (Phi) is 1.27. The van der Waals surface area contributed by atoms with Crippen molar-refractivity contribution >= 4 is 0 Å². The number of rotatable bonds is 2. The highest BCUT2D eigenvalue weighted by atomic mass is 16.3. The summed E-state index contributed by atoms with van der Waals surface area (Å²) >= 11 is 0. The van der Waals surface area contributed by atoms with E-state index in [9.17, 15) is 5.11 Å². The van der Waals surface area contributed by atoms with E-state index in [4.69, 9.17) is 5.73 Å². The lowest BCUT2D eigenvalue weighted by atomic mass is 10.1. The van der Waals surface area contributed by atoms with Crippen LogP contribution in [0.4, 0.5) is 0 Å². The van der Waals surface area contributed by atoms with Crippen molar-refractivity contribution in [1.82, 2.24) is 4.90 Å². The van der Waals surface area contributed by atoms with Gasteiger partial charge in [0.2, 0.25) is 0 Å². The molecule has 0 atom stereocenters. The first-order chi connectivity index (χ1) is 4.68. The summed E-state index contributed by atoms with van der Waals surface area (Å²) in [5, 5.41) is 9.47. The molecule has 2 aliphatic rings. The average molecular weight is 142 g/mol. The van der Waals surface area contributed by atoms with Gasteiger partial charge >= 0.3 is 0 Å². The second-order valence-corrected chi connectivity index (χ2v) is 3.68. The molecule has 1 saturated heterocycles. The molecule has 2 rings (SSSR count). The topological polar surface area (TPSA) is 49.5 Å². The van der Waals surface area contributed by atoms with Gasteiger partial charge in [0.15, 0.2) is 0 Å². The number of hydrogen-bond acceptors (Lipinski definition) is 3. The molecule has 1 heterocycles. The van der Waals surface area contributed by atoms with Crippen molar-refractivity contribution in [2.75, 3.05) is 19.6 Å². The molecule has 2 fully saturated rings. The zero-order chi connectivity index (χ0) is 7.19. The standard InChI is InChI=1S/C7H14N2O/c8-6-3-9(4-6)5-7(10)1-2-7/h6,10H,1-5,8H2. The van der Waals surface area contributed by atoms with Gasteiger partial charge in [0.25, 0.3) is 0 Å². The highest BCUT2D eigenvalue weighted by molar-refractivity contribution is 4.99. The fraction of sp³-hybridized carbons (Fsp3) is 1.00. The zero-order valence-corrected chi connectivity index (χ0v) is 6.08. The van der Waals surface area contributed by atoms with Gasteiger partial charge < -0.3 is 10.8 Å². The number of likely N-dealkylation sites (tertiary alicyclic amines) is 1. The Labute approximate surface area is 60.8 Å². The molecule has 58 valence electrons. The van der Waals surface area contributed by atoms with E-state index in [1.165, 1.54) is 0 Å². The molecule has 0 radical (unpaired) electrons. The molecule has 3 nitrogen and oxygen atoms in total. The van der Waals surface area contributed by atoms with Gasteiger partial charge in [-0.05, 0) is 12.8 Å². The minimum Gasteiger partial charge on any atom is -0.389 e. The summed E-state index contributed by atoms with van der Waals surface area (Å²) in [5.74, 6) is 0. The highest BCUT2D eigenvalue weighted by Crippen LogP contribution is 2.36. The van der Waals surface area contributed by atoms with Crippen LogP contribution in [0, 0.1) is 0 Å². The van der Waals surface area contributed by atoms with Crippen LogP contribution in [0.1, 0.15) is 12.8 Å². The molecule has 0 spiro atoms. The molecule has 0 unspecified atom stereocenters. The normalized spacial score (nSPS) is 31.8. The summed E-state index contributed by atoms with van der Waals surface area (Å²) in [6.45, 7) is 2.80. The third-order valence-corrected chi connectivity index (χ3v) is 2.33. The first-order valence-corrected chi connectivity index (χ1v) is 3.88. The van der Waals surface area contributed by atoms with Gasteiger partial charge in [0.05, 0.1) is 5.60 Å². The molecule has 0 aromatic carbocycles. The second-order valence-electron chi connectivity index (χ2n) is 3.68. The van der Waals surface area contributed by atoms with Crippen LogP contribution in [0.3, 0.4) is 0 Å². The zero-order valence-electron chi connectivity index (χ0n) is 6.08. The smallest absolute Gasteiger partial charge is 0.0776 e. The third-order valence-electron chi connectivity index (χ3n) is 2.33. The molecule has 0 bridgehead atoms. The molecule has 1 aliphatic heterocycles. The third kappa shape index (κ3) is 1.17. The summed E-state index contributed by atoms with van der Waals surface area (Å²) in [7, 11) is 0. The number of nitrogens with zero attached hydrogens (tertiary/aromatic N) is 1. The highest BCUT2D eigenvalue weighted by Gasteiger charge is 2.43. The van der Waals surface area contributed by atoms with Crippen LogP contribution in [0.25, 0.3) is 0 Å².